The number of likely N-dealkylation sites (tertiary alicyclic amines) is 1. The normalized spacial score (nSPS) is 16.0. The van der Waals surface area contributed by atoms with E-state index in [1.807, 2.05) is 0 Å². The molecular weight excluding hydrogens is 260 g/mol. The van der Waals surface area contributed by atoms with Gasteiger partial charge in [-0.1, -0.05) is 12.1 Å². The van der Waals surface area contributed by atoms with Gasteiger partial charge in [0.05, 0.1) is 17.4 Å². The van der Waals surface area contributed by atoms with E-state index in [0.717, 1.165) is 0 Å². The van der Waals surface area contributed by atoms with Crippen molar-refractivity contribution < 1.29 is 19.8 Å². The molecule has 108 valence electrons. The molecule has 1 aromatic rings. The molecule has 1 heterocycles. The standard InChI is InChI=1S/C14H18N2O4/c1-9-3-2-4-11(13(18)19)12(9)15-14(20)16-7-5-10(17)6-8-16/h2-4,10,17H,5-8H2,1H3,(H,15,20)(H,18,19). The Labute approximate surface area is 117 Å². The highest BCUT2D eigenvalue weighted by atomic mass is 16.4. The highest BCUT2D eigenvalue weighted by molar-refractivity contribution is 6.01. The Morgan fingerprint density at radius 1 is 1.30 bits per heavy atom. The van der Waals surface area contributed by atoms with Crippen LogP contribution in [-0.2, 0) is 0 Å². The molecule has 0 saturated carbocycles. The maximum absolute atomic E-state index is 12.1. The van der Waals surface area contributed by atoms with Crippen molar-refractivity contribution in [3.8, 4) is 0 Å². The number of carbonyl (C=O) groups excluding carboxylic acids is 1. The molecule has 6 nitrogen and oxygen atoms in total. The molecule has 1 aliphatic heterocycles. The number of aliphatic hydroxyl groups excluding tert-OH is 1. The third-order valence-electron chi connectivity index (χ3n) is 3.49. The number of piperidine rings is 1. The minimum absolute atomic E-state index is 0.0791. The number of anilines is 1. The summed E-state index contributed by atoms with van der Waals surface area (Å²) in [5.74, 6) is -1.07. The van der Waals surface area contributed by atoms with E-state index in [4.69, 9.17) is 5.11 Å². The van der Waals surface area contributed by atoms with Gasteiger partial charge in [0.25, 0.3) is 0 Å². The third kappa shape index (κ3) is 3.08. The Balaban J connectivity index is 2.13. The van der Waals surface area contributed by atoms with Gasteiger partial charge in [0, 0.05) is 13.1 Å². The molecule has 20 heavy (non-hydrogen) atoms. The largest absolute Gasteiger partial charge is 0.478 e. The molecule has 0 spiro atoms. The van der Waals surface area contributed by atoms with Crippen LogP contribution in [-0.4, -0.2) is 46.3 Å². The van der Waals surface area contributed by atoms with Gasteiger partial charge in [-0.05, 0) is 31.4 Å². The van der Waals surface area contributed by atoms with Crippen LogP contribution in [0.4, 0.5) is 10.5 Å². The number of hydrogen-bond donors (Lipinski definition) is 3. The highest BCUT2D eigenvalue weighted by Crippen LogP contribution is 2.21. The molecule has 1 saturated heterocycles. The fourth-order valence-electron chi connectivity index (χ4n) is 2.27. The van der Waals surface area contributed by atoms with Gasteiger partial charge in [-0.3, -0.25) is 0 Å². The summed E-state index contributed by atoms with van der Waals surface area (Å²) < 4.78 is 0. The zero-order valence-electron chi connectivity index (χ0n) is 11.3. The van der Waals surface area contributed by atoms with Gasteiger partial charge in [-0.2, -0.15) is 0 Å². The summed E-state index contributed by atoms with van der Waals surface area (Å²) in [5.41, 5.74) is 1.11. The van der Waals surface area contributed by atoms with Crippen LogP contribution in [0.5, 0.6) is 0 Å². The van der Waals surface area contributed by atoms with Crippen molar-refractivity contribution in [2.45, 2.75) is 25.9 Å². The average molecular weight is 278 g/mol. The maximum atomic E-state index is 12.1. The van der Waals surface area contributed by atoms with Crippen LogP contribution in [0.2, 0.25) is 0 Å². The molecule has 0 bridgehead atoms. The first-order chi connectivity index (χ1) is 9.49. The number of aliphatic hydroxyl groups is 1. The summed E-state index contributed by atoms with van der Waals surface area (Å²) >= 11 is 0. The summed E-state index contributed by atoms with van der Waals surface area (Å²) in [6.45, 7) is 2.70. The van der Waals surface area contributed by atoms with E-state index in [2.05, 4.69) is 5.32 Å². The molecule has 1 aliphatic rings. The molecule has 0 unspecified atom stereocenters. The van der Waals surface area contributed by atoms with Gasteiger partial charge in [0.15, 0.2) is 0 Å². The lowest BCUT2D eigenvalue weighted by Crippen LogP contribution is -2.42. The van der Waals surface area contributed by atoms with Crippen LogP contribution >= 0.6 is 0 Å². The molecule has 1 fully saturated rings. The molecule has 0 atom stereocenters. The highest BCUT2D eigenvalue weighted by Gasteiger charge is 2.23. The Bertz CT molecular complexity index is 522. The number of urea groups is 1. The van der Waals surface area contributed by atoms with Gasteiger partial charge < -0.3 is 20.4 Å². The second kappa shape index (κ2) is 5.92. The SMILES string of the molecule is Cc1cccc(C(=O)O)c1NC(=O)N1CCC(O)CC1. The number of aryl methyl sites for hydroxylation is 1. The number of carboxylic acids is 1. The summed E-state index contributed by atoms with van der Waals surface area (Å²) in [4.78, 5) is 24.9. The van der Waals surface area contributed by atoms with Gasteiger partial charge in [-0.15, -0.1) is 0 Å². The first kappa shape index (κ1) is 14.3. The number of nitrogens with zero attached hydrogens (tertiary/aromatic N) is 1. The molecule has 0 aliphatic carbocycles. The summed E-state index contributed by atoms with van der Waals surface area (Å²) in [5, 5.41) is 21.2. The van der Waals surface area contributed by atoms with Crippen LogP contribution in [0.15, 0.2) is 18.2 Å². The van der Waals surface area contributed by atoms with E-state index >= 15 is 0 Å². The van der Waals surface area contributed by atoms with E-state index in [9.17, 15) is 14.7 Å². The maximum Gasteiger partial charge on any atom is 0.337 e. The van der Waals surface area contributed by atoms with Crippen LogP contribution in [0.25, 0.3) is 0 Å². The van der Waals surface area contributed by atoms with Crippen molar-refractivity contribution in [2.24, 2.45) is 0 Å². The number of nitrogens with one attached hydrogen (secondary N) is 1. The van der Waals surface area contributed by atoms with Crippen molar-refractivity contribution in [3.63, 3.8) is 0 Å². The number of aromatic carboxylic acids is 1. The Kier molecular flexibility index (Phi) is 4.24. The summed E-state index contributed by atoms with van der Waals surface area (Å²) in [7, 11) is 0. The second-order valence-corrected chi connectivity index (χ2v) is 4.95. The zero-order valence-corrected chi connectivity index (χ0v) is 11.3. The predicted octanol–water partition coefficient (Wildman–Crippen LogP) is 1.68. The second-order valence-electron chi connectivity index (χ2n) is 4.95. The van der Waals surface area contributed by atoms with Crippen molar-refractivity contribution >= 4 is 17.7 Å². The van der Waals surface area contributed by atoms with Crippen LogP contribution < -0.4 is 5.32 Å². The molecule has 0 radical (unpaired) electrons. The lowest BCUT2D eigenvalue weighted by atomic mass is 10.1. The Morgan fingerprint density at radius 2 is 1.95 bits per heavy atom. The minimum atomic E-state index is -1.07. The number of hydrogen-bond acceptors (Lipinski definition) is 3. The van der Waals surface area contributed by atoms with E-state index in [1.54, 1.807) is 24.0 Å². The smallest absolute Gasteiger partial charge is 0.337 e. The fraction of sp³-hybridized carbons (Fsp3) is 0.429. The number of rotatable bonds is 2. The molecule has 2 rings (SSSR count). The number of carbonyl (C=O) groups is 2. The van der Waals surface area contributed by atoms with Crippen LogP contribution in [0.1, 0.15) is 28.8 Å². The third-order valence-corrected chi connectivity index (χ3v) is 3.49. The number of amides is 2. The van der Waals surface area contributed by atoms with Crippen molar-refractivity contribution in [3.05, 3.63) is 29.3 Å². The monoisotopic (exact) mass is 278 g/mol. The lowest BCUT2D eigenvalue weighted by molar-refractivity contribution is 0.0698. The van der Waals surface area contributed by atoms with Gasteiger partial charge in [0.2, 0.25) is 0 Å². The van der Waals surface area contributed by atoms with E-state index in [1.165, 1.54) is 6.07 Å². The van der Waals surface area contributed by atoms with Gasteiger partial charge in [-0.25, -0.2) is 9.59 Å². The number of benzene rings is 1. The predicted molar refractivity (Wildman–Crippen MR) is 74.0 cm³/mol. The first-order valence-corrected chi connectivity index (χ1v) is 6.56. The number of para-hydroxylation sites is 1. The first-order valence-electron chi connectivity index (χ1n) is 6.56. The Hall–Kier alpha value is -2.08. The zero-order chi connectivity index (χ0) is 14.7. The molecule has 2 amide bonds. The van der Waals surface area contributed by atoms with Crippen molar-refractivity contribution in [2.75, 3.05) is 18.4 Å². The molecule has 1 aromatic carbocycles. The van der Waals surface area contributed by atoms with Crippen molar-refractivity contribution in [1.29, 1.82) is 0 Å². The quantitative estimate of drug-likeness (QED) is 0.767. The molecule has 0 aromatic heterocycles. The Morgan fingerprint density at radius 3 is 2.55 bits per heavy atom. The fourth-order valence-corrected chi connectivity index (χ4v) is 2.27. The topological polar surface area (TPSA) is 89.9 Å². The van der Waals surface area contributed by atoms with Crippen LogP contribution in [0.3, 0.4) is 0 Å². The lowest BCUT2D eigenvalue weighted by Gasteiger charge is -2.30. The molecule has 6 heteroatoms. The minimum Gasteiger partial charge on any atom is -0.478 e. The van der Waals surface area contributed by atoms with Crippen LogP contribution in [0, 0.1) is 6.92 Å². The van der Waals surface area contributed by atoms with E-state index in [0.29, 0.717) is 37.2 Å². The summed E-state index contributed by atoms with van der Waals surface area (Å²) in [6, 6.07) is 4.53. The molecular formula is C14H18N2O4. The average Bonchev–Trinajstić information content (AvgIpc) is 2.41. The van der Waals surface area contributed by atoms with Gasteiger partial charge in [0.1, 0.15) is 0 Å². The van der Waals surface area contributed by atoms with E-state index in [-0.39, 0.29) is 17.7 Å². The van der Waals surface area contributed by atoms with E-state index < -0.39 is 5.97 Å². The molecule has 3 N–H and O–H groups in total. The van der Waals surface area contributed by atoms with Crippen molar-refractivity contribution in [1.82, 2.24) is 4.90 Å². The number of carboxylic acid groups (broad SMARTS) is 1. The summed E-state index contributed by atoms with van der Waals surface area (Å²) in [6.07, 6.45) is 0.743. The van der Waals surface area contributed by atoms with Gasteiger partial charge >= 0.3 is 12.0 Å².